The van der Waals surface area contributed by atoms with Crippen molar-refractivity contribution < 1.29 is 9.90 Å². The zero-order valence-electron chi connectivity index (χ0n) is 9.25. The Labute approximate surface area is 98.5 Å². The van der Waals surface area contributed by atoms with E-state index in [0.29, 0.717) is 17.1 Å². The summed E-state index contributed by atoms with van der Waals surface area (Å²) < 4.78 is 0. The van der Waals surface area contributed by atoms with Gasteiger partial charge in [-0.2, -0.15) is 0 Å². The van der Waals surface area contributed by atoms with Gasteiger partial charge in [-0.05, 0) is 25.8 Å². The number of carbonyl (C=O) groups is 1. The Balaban J connectivity index is 1.93. The standard InChI is InChI=1S/C11H16N2O2S/c1-7-8(12)4-9(16-7)10(15)13-5-11(6-14)2-3-11/h4,14H,2-3,5-6,12H2,1H3,(H,13,15). The summed E-state index contributed by atoms with van der Waals surface area (Å²) >= 11 is 1.40. The first-order valence-electron chi connectivity index (χ1n) is 5.31. The maximum atomic E-state index is 11.8. The number of nitrogens with two attached hydrogens (primary N) is 1. The molecule has 0 bridgehead atoms. The molecule has 1 aliphatic rings. The summed E-state index contributed by atoms with van der Waals surface area (Å²) in [6.07, 6.45) is 1.99. The van der Waals surface area contributed by atoms with Crippen LogP contribution in [0.25, 0.3) is 0 Å². The molecule has 1 fully saturated rings. The van der Waals surface area contributed by atoms with Crippen molar-refractivity contribution in [2.45, 2.75) is 19.8 Å². The van der Waals surface area contributed by atoms with Crippen LogP contribution in [0.15, 0.2) is 6.07 Å². The van der Waals surface area contributed by atoms with E-state index in [1.807, 2.05) is 6.92 Å². The van der Waals surface area contributed by atoms with E-state index in [0.717, 1.165) is 17.7 Å². The molecule has 0 spiro atoms. The third-order valence-electron chi connectivity index (χ3n) is 3.10. The van der Waals surface area contributed by atoms with Gasteiger partial charge >= 0.3 is 0 Å². The van der Waals surface area contributed by atoms with Crippen LogP contribution < -0.4 is 11.1 Å². The van der Waals surface area contributed by atoms with Gasteiger partial charge in [-0.15, -0.1) is 11.3 Å². The first kappa shape index (κ1) is 11.4. The van der Waals surface area contributed by atoms with E-state index in [2.05, 4.69) is 5.32 Å². The first-order valence-corrected chi connectivity index (χ1v) is 6.13. The van der Waals surface area contributed by atoms with Crippen molar-refractivity contribution in [3.05, 3.63) is 15.8 Å². The average molecular weight is 240 g/mol. The number of nitrogen functional groups attached to an aromatic ring is 1. The molecule has 1 saturated carbocycles. The van der Waals surface area contributed by atoms with Gasteiger partial charge in [-0.3, -0.25) is 4.79 Å². The molecule has 0 saturated heterocycles. The molecule has 4 N–H and O–H groups in total. The van der Waals surface area contributed by atoms with E-state index in [-0.39, 0.29) is 17.9 Å². The highest BCUT2D eigenvalue weighted by Crippen LogP contribution is 2.44. The van der Waals surface area contributed by atoms with Crippen LogP contribution in [0.5, 0.6) is 0 Å². The molecule has 1 aliphatic carbocycles. The summed E-state index contributed by atoms with van der Waals surface area (Å²) in [7, 11) is 0. The van der Waals surface area contributed by atoms with Crippen LogP contribution in [0.3, 0.4) is 0 Å². The fraction of sp³-hybridized carbons (Fsp3) is 0.545. The highest BCUT2D eigenvalue weighted by atomic mass is 32.1. The Kier molecular flexibility index (Phi) is 2.90. The van der Waals surface area contributed by atoms with Crippen molar-refractivity contribution >= 4 is 22.9 Å². The van der Waals surface area contributed by atoms with Crippen molar-refractivity contribution in [2.75, 3.05) is 18.9 Å². The minimum Gasteiger partial charge on any atom is -0.398 e. The average Bonchev–Trinajstić information content (AvgIpc) is 2.98. The predicted octanol–water partition coefficient (Wildman–Crippen LogP) is 1.14. The summed E-state index contributed by atoms with van der Waals surface area (Å²) in [6, 6.07) is 1.70. The number of aliphatic hydroxyl groups is 1. The van der Waals surface area contributed by atoms with Gasteiger partial charge in [-0.25, -0.2) is 0 Å². The molecule has 4 nitrogen and oxygen atoms in total. The number of anilines is 1. The van der Waals surface area contributed by atoms with E-state index < -0.39 is 0 Å². The Hall–Kier alpha value is -1.07. The van der Waals surface area contributed by atoms with Gasteiger partial charge in [-0.1, -0.05) is 0 Å². The highest BCUT2D eigenvalue weighted by molar-refractivity contribution is 7.14. The number of aryl methyl sites for hydroxylation is 1. The smallest absolute Gasteiger partial charge is 0.261 e. The van der Waals surface area contributed by atoms with Crippen LogP contribution >= 0.6 is 11.3 Å². The van der Waals surface area contributed by atoms with Crippen LogP contribution in [0.1, 0.15) is 27.4 Å². The molecule has 1 aromatic heterocycles. The number of amides is 1. The maximum absolute atomic E-state index is 11.8. The number of hydrogen-bond acceptors (Lipinski definition) is 4. The molecule has 1 amide bonds. The van der Waals surface area contributed by atoms with Crippen molar-refractivity contribution in [2.24, 2.45) is 5.41 Å². The Morgan fingerprint density at radius 3 is 2.81 bits per heavy atom. The minimum absolute atomic E-state index is 0.0481. The van der Waals surface area contributed by atoms with Crippen molar-refractivity contribution in [1.82, 2.24) is 5.32 Å². The summed E-state index contributed by atoms with van der Waals surface area (Å²) in [5.74, 6) is -0.0930. The van der Waals surface area contributed by atoms with Gasteiger partial charge in [0.2, 0.25) is 0 Å². The lowest BCUT2D eigenvalue weighted by Gasteiger charge is -2.11. The Bertz CT molecular complexity index is 391. The quantitative estimate of drug-likeness (QED) is 0.738. The predicted molar refractivity (Wildman–Crippen MR) is 64.6 cm³/mol. The normalized spacial score (nSPS) is 17.1. The largest absolute Gasteiger partial charge is 0.398 e. The maximum Gasteiger partial charge on any atom is 0.261 e. The van der Waals surface area contributed by atoms with Gasteiger partial charge in [0.15, 0.2) is 0 Å². The van der Waals surface area contributed by atoms with Gasteiger partial charge in [0.05, 0.1) is 11.5 Å². The number of nitrogens with one attached hydrogen (secondary N) is 1. The molecule has 16 heavy (non-hydrogen) atoms. The summed E-state index contributed by atoms with van der Waals surface area (Å²) in [4.78, 5) is 13.4. The number of aliphatic hydroxyl groups excluding tert-OH is 1. The van der Waals surface area contributed by atoms with E-state index in [1.165, 1.54) is 11.3 Å². The lowest BCUT2D eigenvalue weighted by molar-refractivity contribution is 0.0939. The van der Waals surface area contributed by atoms with Crippen LogP contribution in [0.4, 0.5) is 5.69 Å². The number of rotatable bonds is 4. The van der Waals surface area contributed by atoms with E-state index in [1.54, 1.807) is 6.07 Å². The second-order valence-electron chi connectivity index (χ2n) is 4.46. The molecule has 1 heterocycles. The SMILES string of the molecule is Cc1sc(C(=O)NCC2(CO)CC2)cc1N. The molecule has 1 aromatic rings. The highest BCUT2D eigenvalue weighted by Gasteiger charge is 2.42. The Morgan fingerprint density at radius 2 is 2.38 bits per heavy atom. The zero-order valence-corrected chi connectivity index (χ0v) is 10.1. The van der Waals surface area contributed by atoms with Gasteiger partial charge < -0.3 is 16.2 Å². The number of carbonyl (C=O) groups excluding carboxylic acids is 1. The third kappa shape index (κ3) is 2.20. The van der Waals surface area contributed by atoms with Gasteiger partial charge in [0.25, 0.3) is 5.91 Å². The summed E-state index contributed by atoms with van der Waals surface area (Å²) in [5.41, 5.74) is 6.31. The lowest BCUT2D eigenvalue weighted by Crippen LogP contribution is -2.31. The fourth-order valence-electron chi connectivity index (χ4n) is 1.53. The molecular formula is C11H16N2O2S. The third-order valence-corrected chi connectivity index (χ3v) is 4.16. The van der Waals surface area contributed by atoms with Crippen LogP contribution in [0, 0.1) is 12.3 Å². The summed E-state index contributed by atoms with van der Waals surface area (Å²) in [6.45, 7) is 2.60. The number of hydrogen-bond donors (Lipinski definition) is 3. The molecule has 0 unspecified atom stereocenters. The monoisotopic (exact) mass is 240 g/mol. The number of thiophene rings is 1. The van der Waals surface area contributed by atoms with E-state index >= 15 is 0 Å². The van der Waals surface area contributed by atoms with Crippen molar-refractivity contribution in [1.29, 1.82) is 0 Å². The molecule has 88 valence electrons. The second kappa shape index (κ2) is 4.07. The summed E-state index contributed by atoms with van der Waals surface area (Å²) in [5, 5.41) is 12.0. The molecular weight excluding hydrogens is 224 g/mol. The van der Waals surface area contributed by atoms with Crippen molar-refractivity contribution in [3.63, 3.8) is 0 Å². The van der Waals surface area contributed by atoms with Crippen LogP contribution in [-0.2, 0) is 0 Å². The first-order chi connectivity index (χ1) is 7.56. The van der Waals surface area contributed by atoms with E-state index in [9.17, 15) is 4.79 Å². The van der Waals surface area contributed by atoms with Gasteiger partial charge in [0, 0.05) is 22.5 Å². The minimum atomic E-state index is -0.0930. The van der Waals surface area contributed by atoms with Crippen LogP contribution in [-0.4, -0.2) is 24.2 Å². The molecule has 0 aromatic carbocycles. The molecule has 2 rings (SSSR count). The van der Waals surface area contributed by atoms with Gasteiger partial charge in [0.1, 0.15) is 0 Å². The second-order valence-corrected chi connectivity index (χ2v) is 5.72. The van der Waals surface area contributed by atoms with Crippen molar-refractivity contribution in [3.8, 4) is 0 Å². The molecule has 0 atom stereocenters. The lowest BCUT2D eigenvalue weighted by atomic mass is 10.1. The van der Waals surface area contributed by atoms with E-state index in [4.69, 9.17) is 10.8 Å². The zero-order chi connectivity index (χ0) is 11.8. The molecule has 5 heteroatoms. The fourth-order valence-corrected chi connectivity index (χ4v) is 2.39. The van der Waals surface area contributed by atoms with Crippen LogP contribution in [0.2, 0.25) is 0 Å². The molecule has 0 radical (unpaired) electrons. The Morgan fingerprint density at radius 1 is 1.69 bits per heavy atom. The topological polar surface area (TPSA) is 75.3 Å². The molecule has 0 aliphatic heterocycles.